The van der Waals surface area contributed by atoms with Crippen molar-refractivity contribution in [2.24, 2.45) is 5.92 Å². The molecule has 2 aliphatic rings. The van der Waals surface area contributed by atoms with Gasteiger partial charge in [0.2, 0.25) is 5.91 Å². The van der Waals surface area contributed by atoms with Crippen molar-refractivity contribution in [1.82, 2.24) is 4.98 Å². The van der Waals surface area contributed by atoms with Gasteiger partial charge in [0.1, 0.15) is 5.60 Å². The molecule has 12 heteroatoms. The van der Waals surface area contributed by atoms with E-state index in [0.717, 1.165) is 19.3 Å². The number of hydrogen-bond acceptors (Lipinski definition) is 8. The molecule has 2 heterocycles. The summed E-state index contributed by atoms with van der Waals surface area (Å²) >= 11 is 1.17. The highest BCUT2D eigenvalue weighted by molar-refractivity contribution is 7.93. The zero-order valence-electron chi connectivity index (χ0n) is 20.3. The van der Waals surface area contributed by atoms with Crippen molar-refractivity contribution in [3.8, 4) is 0 Å². The molecule has 198 valence electrons. The molecule has 2 amide bonds. The third-order valence-electron chi connectivity index (χ3n) is 6.83. The van der Waals surface area contributed by atoms with Crippen molar-refractivity contribution in [2.45, 2.75) is 49.0 Å². The van der Waals surface area contributed by atoms with E-state index in [1.165, 1.54) is 41.8 Å². The Labute approximate surface area is 223 Å². The van der Waals surface area contributed by atoms with Crippen LogP contribution in [0.2, 0.25) is 0 Å². The number of anilines is 3. The Kier molecular flexibility index (Phi) is 7.17. The van der Waals surface area contributed by atoms with Gasteiger partial charge < -0.3 is 15.4 Å². The van der Waals surface area contributed by atoms with E-state index < -0.39 is 27.4 Å². The van der Waals surface area contributed by atoms with Gasteiger partial charge in [0.25, 0.3) is 15.9 Å². The third kappa shape index (κ3) is 5.55. The highest BCUT2D eigenvalue weighted by Gasteiger charge is 2.52. The summed E-state index contributed by atoms with van der Waals surface area (Å²) in [5.74, 6) is -1.51. The molecule has 1 spiro atoms. The number of rotatable bonds is 7. The van der Waals surface area contributed by atoms with E-state index >= 15 is 0 Å². The van der Waals surface area contributed by atoms with Crippen molar-refractivity contribution >= 4 is 55.7 Å². The Balaban J connectivity index is 1.19. The van der Waals surface area contributed by atoms with Gasteiger partial charge in [0.05, 0.1) is 17.2 Å². The minimum Gasteiger partial charge on any atom is -0.458 e. The fourth-order valence-electron chi connectivity index (χ4n) is 4.93. The average molecular weight is 555 g/mol. The largest absolute Gasteiger partial charge is 0.458 e. The van der Waals surface area contributed by atoms with Crippen LogP contribution in [0.15, 0.2) is 65.0 Å². The molecule has 0 bridgehead atoms. The highest BCUT2D eigenvalue weighted by atomic mass is 32.2. The summed E-state index contributed by atoms with van der Waals surface area (Å²) in [6.45, 7) is 0. The standard InChI is InChI=1S/C26H26N4O6S2/c31-22-16-21(26(36-22)12-2-1-3-13-26)24(33)29-18-6-4-17(5-7-18)23(32)28-19-8-10-20(11-9-19)38(34,35)30-25-27-14-15-37-25/h4-11,14-15,21H,1-3,12-13,16H2,(H,27,30)(H,28,32)(H,29,33). The van der Waals surface area contributed by atoms with Crippen LogP contribution in [0, 0.1) is 5.92 Å². The predicted octanol–water partition coefficient (Wildman–Crippen LogP) is 4.40. The van der Waals surface area contributed by atoms with Crippen LogP contribution >= 0.6 is 11.3 Å². The first-order valence-corrected chi connectivity index (χ1v) is 14.6. The fraction of sp³-hybridized carbons (Fsp3) is 0.308. The smallest absolute Gasteiger partial charge is 0.307 e. The number of nitrogens with zero attached hydrogens (tertiary/aromatic N) is 1. The Morgan fingerprint density at radius 1 is 0.947 bits per heavy atom. The summed E-state index contributed by atoms with van der Waals surface area (Å²) in [4.78, 5) is 41.7. The number of carbonyl (C=O) groups is 3. The third-order valence-corrected chi connectivity index (χ3v) is 9.00. The molecular formula is C26H26N4O6S2. The normalized spacial score (nSPS) is 18.5. The summed E-state index contributed by atoms with van der Waals surface area (Å²) in [6.07, 6.45) is 5.92. The van der Waals surface area contributed by atoms with Crippen LogP contribution in [0.1, 0.15) is 48.9 Å². The maximum absolute atomic E-state index is 13.0. The summed E-state index contributed by atoms with van der Waals surface area (Å²) in [5, 5.41) is 7.51. The van der Waals surface area contributed by atoms with E-state index in [9.17, 15) is 22.8 Å². The molecular weight excluding hydrogens is 528 g/mol. The minimum absolute atomic E-state index is 0.0372. The van der Waals surface area contributed by atoms with Crippen LogP contribution in [0.3, 0.4) is 0 Å². The van der Waals surface area contributed by atoms with E-state index in [1.54, 1.807) is 29.6 Å². The molecule has 1 aliphatic heterocycles. The molecule has 10 nitrogen and oxygen atoms in total. The number of nitrogens with one attached hydrogen (secondary N) is 3. The summed E-state index contributed by atoms with van der Waals surface area (Å²) in [5.41, 5.74) is 0.585. The molecule has 2 aromatic carbocycles. The van der Waals surface area contributed by atoms with Gasteiger partial charge in [0, 0.05) is 28.5 Å². The summed E-state index contributed by atoms with van der Waals surface area (Å²) in [7, 11) is -3.79. The highest BCUT2D eigenvalue weighted by Crippen LogP contribution is 2.44. The lowest BCUT2D eigenvalue weighted by atomic mass is 9.75. The lowest BCUT2D eigenvalue weighted by Crippen LogP contribution is -2.43. The SMILES string of the molecule is O=C1CC(C(=O)Nc2ccc(C(=O)Nc3ccc(S(=O)(=O)Nc4nccs4)cc3)cc2)C2(CCCCC2)O1. The first-order chi connectivity index (χ1) is 18.2. The summed E-state index contributed by atoms with van der Waals surface area (Å²) in [6, 6.07) is 12.2. The quantitative estimate of drug-likeness (QED) is 0.367. The number of hydrogen-bond donors (Lipinski definition) is 3. The van der Waals surface area contributed by atoms with E-state index in [2.05, 4.69) is 20.3 Å². The Morgan fingerprint density at radius 2 is 1.61 bits per heavy atom. The Bertz CT molecular complexity index is 1430. The number of benzene rings is 2. The minimum atomic E-state index is -3.79. The van der Waals surface area contributed by atoms with Crippen LogP contribution in [0.4, 0.5) is 16.5 Å². The van der Waals surface area contributed by atoms with Gasteiger partial charge in [-0.25, -0.2) is 13.4 Å². The second-order valence-electron chi connectivity index (χ2n) is 9.34. The van der Waals surface area contributed by atoms with Crippen LogP contribution in [-0.2, 0) is 24.3 Å². The zero-order valence-corrected chi connectivity index (χ0v) is 21.9. The van der Waals surface area contributed by atoms with Gasteiger partial charge in [-0.15, -0.1) is 11.3 Å². The Hall–Kier alpha value is -3.77. The maximum atomic E-state index is 13.0. The number of aromatic nitrogens is 1. The fourth-order valence-corrected chi connectivity index (χ4v) is 6.72. The van der Waals surface area contributed by atoms with Crippen molar-refractivity contribution in [1.29, 1.82) is 0 Å². The molecule has 38 heavy (non-hydrogen) atoms. The van der Waals surface area contributed by atoms with Crippen LogP contribution in [0.5, 0.6) is 0 Å². The van der Waals surface area contributed by atoms with Crippen LogP contribution < -0.4 is 15.4 Å². The number of ether oxygens (including phenoxy) is 1. The molecule has 1 saturated carbocycles. The molecule has 3 N–H and O–H groups in total. The number of sulfonamides is 1. The lowest BCUT2D eigenvalue weighted by Gasteiger charge is -2.36. The topological polar surface area (TPSA) is 144 Å². The molecule has 3 aromatic rings. The van der Waals surface area contributed by atoms with Crippen molar-refractivity contribution in [3.63, 3.8) is 0 Å². The molecule has 5 rings (SSSR count). The molecule has 1 aliphatic carbocycles. The molecule has 1 saturated heterocycles. The molecule has 1 unspecified atom stereocenters. The van der Waals surface area contributed by atoms with Gasteiger partial charge in [-0.1, -0.05) is 6.42 Å². The van der Waals surface area contributed by atoms with Gasteiger partial charge in [-0.05, 0) is 74.2 Å². The lowest BCUT2D eigenvalue weighted by molar-refractivity contribution is -0.153. The van der Waals surface area contributed by atoms with Crippen molar-refractivity contribution in [2.75, 3.05) is 15.4 Å². The monoisotopic (exact) mass is 554 g/mol. The Morgan fingerprint density at radius 3 is 2.26 bits per heavy atom. The number of carbonyl (C=O) groups excluding carboxylic acids is 3. The molecule has 1 aromatic heterocycles. The van der Waals surface area contributed by atoms with E-state index in [-0.39, 0.29) is 28.3 Å². The molecule has 0 radical (unpaired) electrons. The second-order valence-corrected chi connectivity index (χ2v) is 11.9. The van der Waals surface area contributed by atoms with Crippen LogP contribution in [-0.4, -0.2) is 36.8 Å². The van der Waals surface area contributed by atoms with Crippen molar-refractivity contribution in [3.05, 3.63) is 65.7 Å². The second kappa shape index (κ2) is 10.5. The predicted molar refractivity (Wildman–Crippen MR) is 142 cm³/mol. The van der Waals surface area contributed by atoms with Crippen LogP contribution in [0.25, 0.3) is 0 Å². The van der Waals surface area contributed by atoms with Gasteiger partial charge >= 0.3 is 5.97 Å². The summed E-state index contributed by atoms with van der Waals surface area (Å²) < 4.78 is 33.0. The average Bonchev–Trinajstić information content (AvgIpc) is 3.52. The van der Waals surface area contributed by atoms with Gasteiger partial charge in [-0.2, -0.15) is 0 Å². The zero-order chi connectivity index (χ0) is 26.8. The first kappa shape index (κ1) is 25.9. The number of amides is 2. The van der Waals surface area contributed by atoms with E-state index in [0.29, 0.717) is 29.8 Å². The van der Waals surface area contributed by atoms with Crippen molar-refractivity contribution < 1.29 is 27.5 Å². The number of thiazole rings is 1. The number of esters is 1. The van der Waals surface area contributed by atoms with E-state index in [1.807, 2.05) is 0 Å². The van der Waals surface area contributed by atoms with E-state index in [4.69, 9.17) is 4.74 Å². The molecule has 2 fully saturated rings. The van der Waals surface area contributed by atoms with Gasteiger partial charge in [0.15, 0.2) is 5.13 Å². The molecule has 1 atom stereocenters. The maximum Gasteiger partial charge on any atom is 0.307 e. The first-order valence-electron chi connectivity index (χ1n) is 12.2. The van der Waals surface area contributed by atoms with Gasteiger partial charge in [-0.3, -0.25) is 19.1 Å².